The van der Waals surface area contributed by atoms with Gasteiger partial charge in [-0.3, -0.25) is 4.79 Å². The van der Waals surface area contributed by atoms with Gasteiger partial charge in [0.2, 0.25) is 5.91 Å². The van der Waals surface area contributed by atoms with E-state index in [4.69, 9.17) is 0 Å². The van der Waals surface area contributed by atoms with E-state index in [-0.39, 0.29) is 18.5 Å². The molecule has 1 aliphatic rings. The molecule has 0 aromatic heterocycles. The summed E-state index contributed by atoms with van der Waals surface area (Å²) in [6.07, 6.45) is -0.115. The average Bonchev–Trinajstić information content (AvgIpc) is 2.85. The van der Waals surface area contributed by atoms with Crippen molar-refractivity contribution in [3.8, 4) is 0 Å². The standard InChI is InChI=1S/C16H23N3O3/c1-17(9-8-14(20)13-6-4-3-5-7-13)15(21)12-19-11-10-18(2)16(19)22/h3-7,14,20H,8-12H2,1-2H3. The highest BCUT2D eigenvalue weighted by Crippen LogP contribution is 2.16. The second-order valence-corrected chi connectivity index (χ2v) is 5.66. The van der Waals surface area contributed by atoms with Gasteiger partial charge in [0, 0.05) is 33.7 Å². The molecule has 1 aromatic rings. The molecule has 2 rings (SSSR count). The Morgan fingerprint density at radius 2 is 2.00 bits per heavy atom. The predicted octanol–water partition coefficient (Wildman–Crippen LogP) is 0.936. The maximum Gasteiger partial charge on any atom is 0.320 e. The Kier molecular flexibility index (Phi) is 5.38. The van der Waals surface area contributed by atoms with Gasteiger partial charge in [0.05, 0.1) is 6.10 Å². The first kappa shape index (κ1) is 16.3. The molecule has 1 fully saturated rings. The van der Waals surface area contributed by atoms with Gasteiger partial charge in [-0.2, -0.15) is 0 Å². The topological polar surface area (TPSA) is 64.1 Å². The van der Waals surface area contributed by atoms with Crippen LogP contribution in [-0.2, 0) is 4.79 Å². The molecule has 1 aromatic carbocycles. The number of aliphatic hydroxyl groups is 1. The number of likely N-dealkylation sites (N-methyl/N-ethyl adjacent to an activating group) is 2. The lowest BCUT2D eigenvalue weighted by atomic mass is 10.1. The first-order valence-corrected chi connectivity index (χ1v) is 7.46. The van der Waals surface area contributed by atoms with Crippen molar-refractivity contribution >= 4 is 11.9 Å². The summed E-state index contributed by atoms with van der Waals surface area (Å²) in [6, 6.07) is 9.28. The van der Waals surface area contributed by atoms with Crippen molar-refractivity contribution in [1.29, 1.82) is 0 Å². The van der Waals surface area contributed by atoms with E-state index in [1.807, 2.05) is 30.3 Å². The summed E-state index contributed by atoms with van der Waals surface area (Å²) in [7, 11) is 3.43. The summed E-state index contributed by atoms with van der Waals surface area (Å²) < 4.78 is 0. The molecule has 0 saturated carbocycles. The van der Waals surface area contributed by atoms with Gasteiger partial charge in [-0.25, -0.2) is 4.79 Å². The Bertz CT molecular complexity index is 521. The van der Waals surface area contributed by atoms with Gasteiger partial charge in [-0.05, 0) is 12.0 Å². The molecular weight excluding hydrogens is 282 g/mol. The Hall–Kier alpha value is -2.08. The highest BCUT2D eigenvalue weighted by atomic mass is 16.3. The third-order valence-electron chi connectivity index (χ3n) is 3.98. The summed E-state index contributed by atoms with van der Waals surface area (Å²) in [5.74, 6) is -0.107. The van der Waals surface area contributed by atoms with Crippen molar-refractivity contribution in [2.24, 2.45) is 0 Å². The van der Waals surface area contributed by atoms with Crippen LogP contribution in [0.25, 0.3) is 0 Å². The minimum absolute atomic E-state index is 0.0983. The summed E-state index contributed by atoms with van der Waals surface area (Å²) in [5, 5.41) is 10.1. The largest absolute Gasteiger partial charge is 0.388 e. The van der Waals surface area contributed by atoms with Crippen LogP contribution < -0.4 is 0 Å². The van der Waals surface area contributed by atoms with Crippen molar-refractivity contribution in [2.75, 3.05) is 40.3 Å². The molecule has 1 N–H and O–H groups in total. The second-order valence-electron chi connectivity index (χ2n) is 5.66. The zero-order valence-electron chi connectivity index (χ0n) is 13.1. The molecule has 0 aliphatic carbocycles. The number of nitrogens with zero attached hydrogens (tertiary/aromatic N) is 3. The van der Waals surface area contributed by atoms with Crippen LogP contribution in [0, 0.1) is 0 Å². The second kappa shape index (κ2) is 7.26. The molecule has 22 heavy (non-hydrogen) atoms. The predicted molar refractivity (Wildman–Crippen MR) is 83.3 cm³/mol. The molecule has 1 heterocycles. The molecule has 1 saturated heterocycles. The van der Waals surface area contributed by atoms with E-state index in [9.17, 15) is 14.7 Å². The summed E-state index contributed by atoms with van der Waals surface area (Å²) in [6.45, 7) is 1.79. The molecule has 0 radical (unpaired) electrons. The smallest absolute Gasteiger partial charge is 0.320 e. The molecular formula is C16H23N3O3. The van der Waals surface area contributed by atoms with Gasteiger partial charge in [-0.15, -0.1) is 0 Å². The fourth-order valence-electron chi connectivity index (χ4n) is 2.42. The summed E-state index contributed by atoms with van der Waals surface area (Å²) in [4.78, 5) is 28.6. The minimum atomic E-state index is -0.587. The monoisotopic (exact) mass is 305 g/mol. The van der Waals surface area contributed by atoms with Crippen molar-refractivity contribution in [2.45, 2.75) is 12.5 Å². The minimum Gasteiger partial charge on any atom is -0.388 e. The number of urea groups is 1. The van der Waals surface area contributed by atoms with Crippen LogP contribution in [0.3, 0.4) is 0 Å². The Labute approximate surface area is 130 Å². The van der Waals surface area contributed by atoms with Crippen LogP contribution in [0.2, 0.25) is 0 Å². The maximum absolute atomic E-state index is 12.1. The normalized spacial score (nSPS) is 16.0. The Morgan fingerprint density at radius 3 is 2.59 bits per heavy atom. The Morgan fingerprint density at radius 1 is 1.32 bits per heavy atom. The number of hydrogen-bond donors (Lipinski definition) is 1. The quantitative estimate of drug-likeness (QED) is 0.850. The molecule has 0 spiro atoms. The number of rotatable bonds is 6. The van der Waals surface area contributed by atoms with Gasteiger partial charge in [0.15, 0.2) is 0 Å². The third kappa shape index (κ3) is 3.98. The zero-order valence-corrected chi connectivity index (χ0v) is 13.1. The fraction of sp³-hybridized carbons (Fsp3) is 0.500. The van der Waals surface area contributed by atoms with E-state index in [2.05, 4.69) is 0 Å². The van der Waals surface area contributed by atoms with E-state index >= 15 is 0 Å². The lowest BCUT2D eigenvalue weighted by Crippen LogP contribution is -2.40. The van der Waals surface area contributed by atoms with E-state index in [0.29, 0.717) is 26.1 Å². The van der Waals surface area contributed by atoms with Crippen LogP contribution in [0.5, 0.6) is 0 Å². The third-order valence-corrected chi connectivity index (χ3v) is 3.98. The maximum atomic E-state index is 12.1. The van der Waals surface area contributed by atoms with E-state index in [1.165, 1.54) is 0 Å². The van der Waals surface area contributed by atoms with Crippen LogP contribution in [0.4, 0.5) is 4.79 Å². The molecule has 1 aliphatic heterocycles. The average molecular weight is 305 g/mol. The molecule has 1 unspecified atom stereocenters. The number of aliphatic hydroxyl groups excluding tert-OH is 1. The van der Waals surface area contributed by atoms with Gasteiger partial charge >= 0.3 is 6.03 Å². The highest BCUT2D eigenvalue weighted by molar-refractivity contribution is 5.84. The molecule has 6 heteroatoms. The molecule has 1 atom stereocenters. The summed E-state index contributed by atoms with van der Waals surface area (Å²) >= 11 is 0. The molecule has 3 amide bonds. The van der Waals surface area contributed by atoms with Crippen molar-refractivity contribution in [3.63, 3.8) is 0 Å². The zero-order chi connectivity index (χ0) is 16.1. The highest BCUT2D eigenvalue weighted by Gasteiger charge is 2.27. The number of amides is 3. The van der Waals surface area contributed by atoms with Crippen LogP contribution in [0.1, 0.15) is 18.1 Å². The number of benzene rings is 1. The molecule has 120 valence electrons. The van der Waals surface area contributed by atoms with Gasteiger partial charge < -0.3 is 19.8 Å². The van der Waals surface area contributed by atoms with Crippen LogP contribution >= 0.6 is 0 Å². The van der Waals surface area contributed by atoms with Crippen molar-refractivity contribution in [1.82, 2.24) is 14.7 Å². The van der Waals surface area contributed by atoms with E-state index in [0.717, 1.165) is 5.56 Å². The fourth-order valence-corrected chi connectivity index (χ4v) is 2.42. The van der Waals surface area contributed by atoms with Gasteiger partial charge in [0.1, 0.15) is 6.54 Å². The van der Waals surface area contributed by atoms with Gasteiger partial charge in [0.25, 0.3) is 0 Å². The SMILES string of the molecule is CN(CCC(O)c1ccccc1)C(=O)CN1CCN(C)C1=O. The van der Waals surface area contributed by atoms with Crippen LogP contribution in [-0.4, -0.2) is 72.0 Å². The molecule has 0 bridgehead atoms. The van der Waals surface area contributed by atoms with E-state index < -0.39 is 6.10 Å². The van der Waals surface area contributed by atoms with Gasteiger partial charge in [-0.1, -0.05) is 30.3 Å². The van der Waals surface area contributed by atoms with Crippen molar-refractivity contribution < 1.29 is 14.7 Å². The summed E-state index contributed by atoms with van der Waals surface area (Å²) in [5.41, 5.74) is 0.847. The Balaban J connectivity index is 1.78. The first-order chi connectivity index (χ1) is 10.5. The number of carbonyl (C=O) groups excluding carboxylic acids is 2. The first-order valence-electron chi connectivity index (χ1n) is 7.46. The molecule has 6 nitrogen and oxygen atoms in total. The van der Waals surface area contributed by atoms with Crippen molar-refractivity contribution in [3.05, 3.63) is 35.9 Å². The number of carbonyl (C=O) groups is 2. The van der Waals surface area contributed by atoms with Crippen LogP contribution in [0.15, 0.2) is 30.3 Å². The lowest BCUT2D eigenvalue weighted by Gasteiger charge is -2.22. The van der Waals surface area contributed by atoms with E-state index in [1.54, 1.807) is 28.8 Å². The number of hydrogen-bond acceptors (Lipinski definition) is 3. The lowest BCUT2D eigenvalue weighted by molar-refractivity contribution is -0.130.